The lowest BCUT2D eigenvalue weighted by Gasteiger charge is -2.12. The number of amides is 1. The molecule has 0 aliphatic carbocycles. The lowest BCUT2D eigenvalue weighted by atomic mass is 10.2. The average Bonchev–Trinajstić information content (AvgIpc) is 2.56. The average molecular weight is 439 g/mol. The Labute approximate surface area is 159 Å². The largest absolute Gasteiger partial charge is 0.352 e. The molecule has 1 aromatic carbocycles. The van der Waals surface area contributed by atoms with Gasteiger partial charge in [-0.15, -0.1) is 24.0 Å². The van der Waals surface area contributed by atoms with Gasteiger partial charge < -0.3 is 16.0 Å². The van der Waals surface area contributed by atoms with E-state index in [0.717, 1.165) is 16.9 Å². The number of carbonyl (C=O) groups is 1. The van der Waals surface area contributed by atoms with Gasteiger partial charge in [0, 0.05) is 32.4 Å². The summed E-state index contributed by atoms with van der Waals surface area (Å²) in [6.07, 6.45) is 1.76. The summed E-state index contributed by atoms with van der Waals surface area (Å²) in [5.74, 6) is 0.614. The normalized spacial score (nSPS) is 10.5. The molecule has 2 aromatic rings. The topological polar surface area (TPSA) is 78.4 Å². The molecule has 6 nitrogen and oxygen atoms in total. The van der Waals surface area contributed by atoms with Crippen LogP contribution in [-0.4, -0.2) is 23.9 Å². The smallest absolute Gasteiger partial charge is 0.221 e. The van der Waals surface area contributed by atoms with Crippen LogP contribution in [0, 0.1) is 0 Å². The standard InChI is InChI=1S/C17H21N5O.HI/c1-13(23)22-15-8-5-6-14(10-15)11-20-17(18-2)21-12-16-7-3-4-9-19-16;/h3-10H,11-12H2,1-2H3,(H,22,23)(H2,18,20,21);1H. The van der Waals surface area contributed by atoms with E-state index in [1.807, 2.05) is 42.5 Å². The number of rotatable bonds is 5. The third kappa shape index (κ3) is 6.95. The number of aliphatic imine (C=N–C) groups is 1. The van der Waals surface area contributed by atoms with Crippen molar-refractivity contribution in [2.45, 2.75) is 20.0 Å². The van der Waals surface area contributed by atoms with Crippen LogP contribution in [0.1, 0.15) is 18.2 Å². The maximum Gasteiger partial charge on any atom is 0.221 e. The highest BCUT2D eigenvalue weighted by atomic mass is 127. The van der Waals surface area contributed by atoms with Gasteiger partial charge >= 0.3 is 0 Å². The van der Waals surface area contributed by atoms with Crippen LogP contribution >= 0.6 is 24.0 Å². The number of nitrogens with zero attached hydrogens (tertiary/aromatic N) is 2. The SMILES string of the molecule is CN=C(NCc1cccc(NC(C)=O)c1)NCc1ccccn1.I. The van der Waals surface area contributed by atoms with E-state index in [-0.39, 0.29) is 29.9 Å². The van der Waals surface area contributed by atoms with Gasteiger partial charge in [0.15, 0.2) is 5.96 Å². The lowest BCUT2D eigenvalue weighted by molar-refractivity contribution is -0.114. The summed E-state index contributed by atoms with van der Waals surface area (Å²) in [7, 11) is 1.72. The molecule has 0 saturated carbocycles. The summed E-state index contributed by atoms with van der Waals surface area (Å²) < 4.78 is 0. The first-order valence-electron chi connectivity index (χ1n) is 7.38. The molecule has 7 heteroatoms. The maximum atomic E-state index is 11.1. The van der Waals surface area contributed by atoms with E-state index in [1.54, 1.807) is 13.2 Å². The van der Waals surface area contributed by atoms with Gasteiger partial charge in [-0.2, -0.15) is 0 Å². The minimum atomic E-state index is -0.0806. The molecule has 3 N–H and O–H groups in total. The molecule has 0 saturated heterocycles. The number of anilines is 1. The zero-order valence-electron chi connectivity index (χ0n) is 13.7. The van der Waals surface area contributed by atoms with Crippen molar-refractivity contribution < 1.29 is 4.79 Å². The van der Waals surface area contributed by atoms with Crippen LogP contribution in [0.25, 0.3) is 0 Å². The van der Waals surface area contributed by atoms with E-state index in [0.29, 0.717) is 19.0 Å². The van der Waals surface area contributed by atoms with Crippen molar-refractivity contribution in [3.8, 4) is 0 Å². The molecule has 0 unspecified atom stereocenters. The molecule has 0 bridgehead atoms. The van der Waals surface area contributed by atoms with Gasteiger partial charge in [-0.05, 0) is 29.8 Å². The van der Waals surface area contributed by atoms with Crippen molar-refractivity contribution in [1.29, 1.82) is 0 Å². The first kappa shape index (κ1) is 19.9. The lowest BCUT2D eigenvalue weighted by Crippen LogP contribution is -2.36. The number of nitrogens with one attached hydrogen (secondary N) is 3. The summed E-state index contributed by atoms with van der Waals surface area (Å²) >= 11 is 0. The fraction of sp³-hybridized carbons (Fsp3) is 0.235. The third-order valence-electron chi connectivity index (χ3n) is 3.09. The Kier molecular flexibility index (Phi) is 8.77. The molecule has 1 aromatic heterocycles. The molecule has 0 fully saturated rings. The molecule has 0 aliphatic rings. The van der Waals surface area contributed by atoms with E-state index in [2.05, 4.69) is 25.9 Å². The molecule has 24 heavy (non-hydrogen) atoms. The second-order valence-corrected chi connectivity index (χ2v) is 4.98. The van der Waals surface area contributed by atoms with E-state index < -0.39 is 0 Å². The first-order valence-corrected chi connectivity index (χ1v) is 7.38. The highest BCUT2D eigenvalue weighted by Crippen LogP contribution is 2.10. The molecule has 0 atom stereocenters. The van der Waals surface area contributed by atoms with Crippen LogP contribution in [-0.2, 0) is 17.9 Å². The molecular formula is C17H22IN5O. The molecule has 1 amide bonds. The Morgan fingerprint density at radius 2 is 1.92 bits per heavy atom. The van der Waals surface area contributed by atoms with Gasteiger partial charge in [0.05, 0.1) is 12.2 Å². The van der Waals surface area contributed by atoms with Gasteiger partial charge in [-0.1, -0.05) is 18.2 Å². The minimum Gasteiger partial charge on any atom is -0.352 e. The first-order chi connectivity index (χ1) is 11.2. The van der Waals surface area contributed by atoms with Crippen molar-refractivity contribution in [2.75, 3.05) is 12.4 Å². The quantitative estimate of drug-likeness (QED) is 0.380. The molecule has 128 valence electrons. The number of carbonyl (C=O) groups excluding carboxylic acids is 1. The molecular weight excluding hydrogens is 417 g/mol. The monoisotopic (exact) mass is 439 g/mol. The highest BCUT2D eigenvalue weighted by molar-refractivity contribution is 14.0. The fourth-order valence-corrected chi connectivity index (χ4v) is 2.05. The number of hydrogen-bond acceptors (Lipinski definition) is 3. The zero-order chi connectivity index (χ0) is 16.5. The van der Waals surface area contributed by atoms with Crippen LogP contribution in [0.2, 0.25) is 0 Å². The maximum absolute atomic E-state index is 11.1. The van der Waals surface area contributed by atoms with Gasteiger partial charge in [0.1, 0.15) is 0 Å². The van der Waals surface area contributed by atoms with Crippen molar-refractivity contribution in [1.82, 2.24) is 15.6 Å². The minimum absolute atomic E-state index is 0. The van der Waals surface area contributed by atoms with Crippen LogP contribution in [0.5, 0.6) is 0 Å². The van der Waals surface area contributed by atoms with Crippen molar-refractivity contribution in [3.63, 3.8) is 0 Å². The molecule has 0 spiro atoms. The van der Waals surface area contributed by atoms with Crippen molar-refractivity contribution in [2.24, 2.45) is 4.99 Å². The number of aromatic nitrogens is 1. The fourth-order valence-electron chi connectivity index (χ4n) is 2.05. The summed E-state index contributed by atoms with van der Waals surface area (Å²) in [5.41, 5.74) is 2.79. The summed E-state index contributed by atoms with van der Waals surface area (Å²) in [4.78, 5) is 19.5. The number of guanidine groups is 1. The van der Waals surface area contributed by atoms with Crippen LogP contribution < -0.4 is 16.0 Å². The second-order valence-electron chi connectivity index (χ2n) is 4.98. The van der Waals surface area contributed by atoms with E-state index in [1.165, 1.54) is 6.92 Å². The Morgan fingerprint density at radius 1 is 1.12 bits per heavy atom. The van der Waals surface area contributed by atoms with E-state index in [9.17, 15) is 4.79 Å². The number of halogens is 1. The van der Waals surface area contributed by atoms with Crippen molar-refractivity contribution >= 4 is 41.5 Å². The zero-order valence-corrected chi connectivity index (χ0v) is 16.1. The summed E-state index contributed by atoms with van der Waals surface area (Å²) in [6.45, 7) is 2.70. The van der Waals surface area contributed by atoms with Crippen molar-refractivity contribution in [3.05, 3.63) is 59.9 Å². The van der Waals surface area contributed by atoms with E-state index in [4.69, 9.17) is 0 Å². The number of pyridine rings is 1. The number of hydrogen-bond donors (Lipinski definition) is 3. The third-order valence-corrected chi connectivity index (χ3v) is 3.09. The van der Waals surface area contributed by atoms with Crippen LogP contribution in [0.15, 0.2) is 53.7 Å². The molecule has 0 aliphatic heterocycles. The summed E-state index contributed by atoms with van der Waals surface area (Å²) in [6, 6.07) is 13.5. The molecule has 1 heterocycles. The van der Waals surface area contributed by atoms with E-state index >= 15 is 0 Å². The van der Waals surface area contributed by atoms with Gasteiger partial charge in [-0.25, -0.2) is 0 Å². The Bertz CT molecular complexity index is 676. The second kappa shape index (κ2) is 10.6. The predicted octanol–water partition coefficient (Wildman–Crippen LogP) is 2.52. The Hall–Kier alpha value is -2.16. The predicted molar refractivity (Wildman–Crippen MR) is 107 cm³/mol. The Balaban J connectivity index is 0.00000288. The number of benzene rings is 1. The van der Waals surface area contributed by atoms with Gasteiger partial charge in [0.2, 0.25) is 5.91 Å². The van der Waals surface area contributed by atoms with Gasteiger partial charge in [-0.3, -0.25) is 14.8 Å². The molecule has 0 radical (unpaired) electrons. The van der Waals surface area contributed by atoms with Crippen LogP contribution in [0.3, 0.4) is 0 Å². The summed E-state index contributed by atoms with van der Waals surface area (Å²) in [5, 5.41) is 9.22. The van der Waals surface area contributed by atoms with Gasteiger partial charge in [0.25, 0.3) is 0 Å². The molecule has 2 rings (SSSR count). The highest BCUT2D eigenvalue weighted by Gasteiger charge is 2.01. The van der Waals surface area contributed by atoms with Crippen LogP contribution in [0.4, 0.5) is 5.69 Å². The Morgan fingerprint density at radius 3 is 2.58 bits per heavy atom.